The van der Waals surface area contributed by atoms with Crippen LogP contribution >= 0.6 is 11.3 Å². The maximum atomic E-state index is 12.8. The van der Waals surface area contributed by atoms with Crippen molar-refractivity contribution in [2.45, 2.75) is 43.9 Å². The average Bonchev–Trinajstić information content (AvgIpc) is 3.15. The summed E-state index contributed by atoms with van der Waals surface area (Å²) in [6, 6.07) is 15.2. The van der Waals surface area contributed by atoms with E-state index in [1.165, 1.54) is 23.5 Å². The number of oxime groups is 1. The van der Waals surface area contributed by atoms with Crippen LogP contribution in [0.4, 0.5) is 0 Å². The summed E-state index contributed by atoms with van der Waals surface area (Å²) < 4.78 is 30.6. The predicted molar refractivity (Wildman–Crippen MR) is 115 cm³/mol. The summed E-state index contributed by atoms with van der Waals surface area (Å²) in [4.78, 5) is 17.2. The number of benzene rings is 2. The number of unbranched alkanes of at least 4 members (excludes halogenated alkanes) is 3. The molecule has 0 aliphatic carbocycles. The van der Waals surface area contributed by atoms with Crippen LogP contribution in [0.25, 0.3) is 10.2 Å². The summed E-state index contributed by atoms with van der Waals surface area (Å²) in [5.41, 5.74) is 0.673. The second kappa shape index (κ2) is 9.76. The lowest BCUT2D eigenvalue weighted by Crippen LogP contribution is -2.17. The Hall–Kier alpha value is -2.58. The van der Waals surface area contributed by atoms with Gasteiger partial charge < -0.3 is 0 Å². The number of ketones is 1. The minimum Gasteiger partial charge on any atom is -0.292 e. The molecule has 152 valence electrons. The van der Waals surface area contributed by atoms with E-state index in [1.54, 1.807) is 18.2 Å². The zero-order valence-corrected chi connectivity index (χ0v) is 17.7. The van der Waals surface area contributed by atoms with Gasteiger partial charge in [-0.15, -0.1) is 11.3 Å². The maximum Gasteiger partial charge on any atom is 0.358 e. The monoisotopic (exact) mass is 430 g/mol. The fourth-order valence-corrected chi connectivity index (χ4v) is 4.44. The molecule has 0 unspecified atom stereocenters. The van der Waals surface area contributed by atoms with Crippen LogP contribution in [-0.2, 0) is 19.2 Å². The number of aromatic nitrogens is 1. The van der Waals surface area contributed by atoms with Crippen LogP contribution in [0.2, 0.25) is 0 Å². The molecule has 0 radical (unpaired) electrons. The fourth-order valence-electron chi connectivity index (χ4n) is 2.73. The Balaban J connectivity index is 1.89. The normalized spacial score (nSPS) is 12.2. The molecule has 0 fully saturated rings. The highest BCUT2D eigenvalue weighted by Gasteiger charge is 2.22. The van der Waals surface area contributed by atoms with E-state index in [2.05, 4.69) is 17.1 Å². The molecule has 3 rings (SSSR count). The first-order chi connectivity index (χ1) is 14.0. The van der Waals surface area contributed by atoms with E-state index in [1.807, 2.05) is 24.3 Å². The highest BCUT2D eigenvalue weighted by Crippen LogP contribution is 2.24. The lowest BCUT2D eigenvalue weighted by Gasteiger charge is -2.04. The smallest absolute Gasteiger partial charge is 0.292 e. The molecule has 3 aromatic rings. The van der Waals surface area contributed by atoms with Gasteiger partial charge >= 0.3 is 10.1 Å². The molecule has 0 aliphatic heterocycles. The summed E-state index contributed by atoms with van der Waals surface area (Å²) in [6.45, 7) is 2.10. The van der Waals surface area contributed by atoms with E-state index in [0.29, 0.717) is 11.4 Å². The molecule has 8 heteroatoms. The largest absolute Gasteiger partial charge is 0.358 e. The Labute approximate surface area is 174 Å². The first kappa shape index (κ1) is 21.1. The highest BCUT2D eigenvalue weighted by atomic mass is 32.2. The van der Waals surface area contributed by atoms with Crippen molar-refractivity contribution in [3.05, 3.63) is 59.6 Å². The molecular formula is C21H22N2O4S2. The minimum atomic E-state index is -4.12. The number of carbonyl (C=O) groups is 1. The number of rotatable bonds is 10. The zero-order valence-electron chi connectivity index (χ0n) is 16.1. The standard InChI is InChI=1S/C21H22N2O4S2/c1-2-3-4-8-14-18(24)20(21-22-17-13-9-10-15-19(17)28-21)23-27-29(25,26)16-11-6-5-7-12-16/h5-7,9-13,15H,2-4,8,14H2,1H3. The Kier molecular flexibility index (Phi) is 7.11. The maximum absolute atomic E-state index is 12.8. The molecule has 6 nitrogen and oxygen atoms in total. The van der Waals surface area contributed by atoms with E-state index in [4.69, 9.17) is 4.28 Å². The van der Waals surface area contributed by atoms with Crippen LogP contribution in [-0.4, -0.2) is 24.9 Å². The second-order valence-corrected chi connectivity index (χ2v) is 9.06. The molecule has 0 aliphatic rings. The van der Waals surface area contributed by atoms with Crippen molar-refractivity contribution in [3.63, 3.8) is 0 Å². The highest BCUT2D eigenvalue weighted by molar-refractivity contribution is 7.86. The Bertz CT molecular complexity index is 1070. The molecule has 1 heterocycles. The summed E-state index contributed by atoms with van der Waals surface area (Å²) in [7, 11) is -4.12. The van der Waals surface area contributed by atoms with Crippen LogP contribution in [0.3, 0.4) is 0 Å². The molecule has 0 saturated carbocycles. The number of fused-ring (bicyclic) bond motifs is 1. The van der Waals surface area contributed by atoms with Gasteiger partial charge in [0.1, 0.15) is 9.90 Å². The molecule has 2 aromatic carbocycles. The number of hydrogen-bond acceptors (Lipinski definition) is 7. The summed E-state index contributed by atoms with van der Waals surface area (Å²) in [6.07, 6.45) is 4.01. The van der Waals surface area contributed by atoms with Crippen molar-refractivity contribution in [1.29, 1.82) is 0 Å². The van der Waals surface area contributed by atoms with Crippen molar-refractivity contribution in [2.24, 2.45) is 5.16 Å². The lowest BCUT2D eigenvalue weighted by molar-refractivity contribution is -0.113. The van der Waals surface area contributed by atoms with Crippen LogP contribution in [0.1, 0.15) is 44.0 Å². The molecule has 0 bridgehead atoms. The number of para-hydroxylation sites is 1. The van der Waals surface area contributed by atoms with Gasteiger partial charge in [0.15, 0.2) is 11.5 Å². The van der Waals surface area contributed by atoms with Crippen molar-refractivity contribution >= 4 is 43.2 Å². The van der Waals surface area contributed by atoms with Gasteiger partial charge in [-0.05, 0) is 30.7 Å². The molecule has 0 amide bonds. The van der Waals surface area contributed by atoms with Gasteiger partial charge in [0.2, 0.25) is 0 Å². The number of hydrogen-bond donors (Lipinski definition) is 0. The number of Topliss-reactive ketones (excluding diaryl/α,β-unsaturated/α-hetero) is 1. The third-order valence-electron chi connectivity index (χ3n) is 4.28. The molecule has 0 saturated heterocycles. The zero-order chi connectivity index (χ0) is 20.7. The molecule has 0 spiro atoms. The van der Waals surface area contributed by atoms with Gasteiger partial charge in [-0.2, -0.15) is 8.42 Å². The van der Waals surface area contributed by atoms with Gasteiger partial charge in [0.05, 0.1) is 10.2 Å². The van der Waals surface area contributed by atoms with E-state index in [0.717, 1.165) is 29.5 Å². The van der Waals surface area contributed by atoms with E-state index >= 15 is 0 Å². The Morgan fingerprint density at radius 3 is 2.48 bits per heavy atom. The molecular weight excluding hydrogens is 408 g/mol. The quantitative estimate of drug-likeness (QED) is 0.258. The minimum absolute atomic E-state index is 0.0252. The Morgan fingerprint density at radius 1 is 1.03 bits per heavy atom. The number of nitrogens with zero attached hydrogens (tertiary/aromatic N) is 2. The number of thiazole rings is 1. The van der Waals surface area contributed by atoms with Gasteiger partial charge in [-0.3, -0.25) is 9.08 Å². The van der Waals surface area contributed by atoms with E-state index < -0.39 is 10.1 Å². The fraction of sp³-hybridized carbons (Fsp3) is 0.286. The molecule has 0 atom stereocenters. The second-order valence-electron chi connectivity index (χ2n) is 6.50. The summed E-state index contributed by atoms with van der Waals surface area (Å²) in [5, 5.41) is 4.12. The van der Waals surface area contributed by atoms with Crippen molar-refractivity contribution < 1.29 is 17.5 Å². The Morgan fingerprint density at radius 2 is 1.76 bits per heavy atom. The van der Waals surface area contributed by atoms with Crippen LogP contribution < -0.4 is 0 Å². The van der Waals surface area contributed by atoms with Crippen LogP contribution in [0, 0.1) is 0 Å². The van der Waals surface area contributed by atoms with E-state index in [9.17, 15) is 13.2 Å². The van der Waals surface area contributed by atoms with Crippen LogP contribution in [0.5, 0.6) is 0 Å². The topological polar surface area (TPSA) is 85.7 Å². The summed E-state index contributed by atoms with van der Waals surface area (Å²) >= 11 is 1.29. The van der Waals surface area contributed by atoms with Crippen molar-refractivity contribution in [1.82, 2.24) is 4.98 Å². The van der Waals surface area contributed by atoms with Gasteiger partial charge in [0.25, 0.3) is 0 Å². The summed E-state index contributed by atoms with van der Waals surface area (Å²) in [5.74, 6) is -0.275. The van der Waals surface area contributed by atoms with Gasteiger partial charge in [0, 0.05) is 6.42 Å². The average molecular weight is 431 g/mol. The molecule has 29 heavy (non-hydrogen) atoms. The SMILES string of the molecule is CCCCCCC(=O)C(=NOS(=O)(=O)c1ccccc1)c1nc2ccccc2s1. The first-order valence-electron chi connectivity index (χ1n) is 9.47. The predicted octanol–water partition coefficient (Wildman–Crippen LogP) is 4.95. The molecule has 0 N–H and O–H groups in total. The third kappa shape index (κ3) is 5.48. The van der Waals surface area contributed by atoms with Crippen molar-refractivity contribution in [2.75, 3.05) is 0 Å². The third-order valence-corrected chi connectivity index (χ3v) is 6.44. The number of carbonyl (C=O) groups excluding carboxylic acids is 1. The first-order valence-corrected chi connectivity index (χ1v) is 11.7. The van der Waals surface area contributed by atoms with Gasteiger partial charge in [-0.1, -0.05) is 61.7 Å². The van der Waals surface area contributed by atoms with Gasteiger partial charge in [-0.25, -0.2) is 4.98 Å². The van der Waals surface area contributed by atoms with Crippen LogP contribution in [0.15, 0.2) is 64.6 Å². The van der Waals surface area contributed by atoms with E-state index in [-0.39, 0.29) is 22.8 Å². The lowest BCUT2D eigenvalue weighted by atomic mass is 10.1. The molecule has 1 aromatic heterocycles. The van der Waals surface area contributed by atoms with Crippen molar-refractivity contribution in [3.8, 4) is 0 Å².